The molecule has 0 saturated carbocycles. The van der Waals surface area contributed by atoms with Crippen molar-refractivity contribution >= 4 is 15.6 Å². The molecule has 18 heteroatoms. The average molecular weight is 630 g/mol. The average Bonchev–Trinajstić information content (AvgIpc) is 2.78. The van der Waals surface area contributed by atoms with Gasteiger partial charge in [-0.25, -0.2) is 9.13 Å². The minimum atomic E-state index is -10.7. The summed E-state index contributed by atoms with van der Waals surface area (Å²) in [5, 5.41) is 0. The third-order valence-corrected chi connectivity index (χ3v) is 4.34. The fourth-order valence-electron chi connectivity index (χ4n) is 2.91. The monoisotopic (exact) mass is 630 g/mol. The molecule has 0 aliphatic heterocycles. The van der Waals surface area contributed by atoms with Crippen LogP contribution in [0.1, 0.15) is 11.1 Å². The van der Waals surface area contributed by atoms with Crippen molar-refractivity contribution in [2.75, 3.05) is 0 Å². The van der Waals surface area contributed by atoms with E-state index in [2.05, 4.69) is 68.2 Å². The molecule has 0 aliphatic carbocycles. The predicted molar refractivity (Wildman–Crippen MR) is 126 cm³/mol. The summed E-state index contributed by atoms with van der Waals surface area (Å²) in [4.78, 5) is 8.12. The minimum Gasteiger partial charge on any atom is -0.265 e. The Morgan fingerprint density at radius 2 is 0.650 bits per heavy atom. The first-order valence-corrected chi connectivity index (χ1v) is 14.7. The second kappa shape index (κ2) is 10.2. The van der Waals surface area contributed by atoms with E-state index < -0.39 is 15.6 Å². The number of rotatable bonds is 5. The largest absolute Gasteiger partial charge is 0.265 e. The molecule has 0 aromatic carbocycles. The molecule has 4 rings (SSSR count). The van der Waals surface area contributed by atoms with Gasteiger partial charge < -0.3 is 0 Å². The zero-order valence-electron chi connectivity index (χ0n) is 19.9. The Labute approximate surface area is 219 Å². The van der Waals surface area contributed by atoms with Gasteiger partial charge in [0.1, 0.15) is 0 Å². The van der Waals surface area contributed by atoms with Gasteiger partial charge in [-0.3, -0.25) is 9.97 Å². The van der Waals surface area contributed by atoms with Crippen molar-refractivity contribution < 1.29 is 59.5 Å². The van der Waals surface area contributed by atoms with Crippen molar-refractivity contribution in [1.82, 2.24) is 9.97 Å². The molecule has 0 N–H and O–H groups in total. The van der Waals surface area contributed by atoms with Crippen LogP contribution in [0.15, 0.2) is 98.1 Å². The van der Waals surface area contributed by atoms with Crippen LogP contribution < -0.4 is 9.13 Å². The first kappa shape index (κ1) is 32.8. The molecule has 0 unspecified atom stereocenters. The van der Waals surface area contributed by atoms with E-state index in [1.165, 1.54) is 22.3 Å². The first-order chi connectivity index (χ1) is 17.8. The van der Waals surface area contributed by atoms with Crippen LogP contribution in [0.25, 0.3) is 11.1 Å². The van der Waals surface area contributed by atoms with Gasteiger partial charge in [0.05, 0.1) is 0 Å². The van der Waals surface area contributed by atoms with Crippen LogP contribution >= 0.6 is 15.6 Å². The maximum absolute atomic E-state index is 10.7. The van der Waals surface area contributed by atoms with Crippen LogP contribution in [0.4, 0.5) is 50.4 Å². The van der Waals surface area contributed by atoms with Crippen molar-refractivity contribution in [3.05, 3.63) is 109 Å². The van der Waals surface area contributed by atoms with Gasteiger partial charge in [0.25, 0.3) is 0 Å². The molecule has 0 spiro atoms. The summed E-state index contributed by atoms with van der Waals surface area (Å²) in [5.74, 6) is 0. The van der Waals surface area contributed by atoms with E-state index in [0.717, 1.165) is 13.1 Å². The molecule has 0 radical (unpaired) electrons. The molecule has 4 heterocycles. The minimum absolute atomic E-state index is 0.851. The normalized spacial score (nSPS) is 15.0. The van der Waals surface area contributed by atoms with Crippen molar-refractivity contribution in [2.24, 2.45) is 0 Å². The summed E-state index contributed by atoms with van der Waals surface area (Å²) < 4.78 is 123. The fourth-order valence-corrected chi connectivity index (χ4v) is 2.91. The standard InChI is InChI=1S/C22H20N4.2F6P/c1-9-23-10-2-19(1)17-25-13-5-21(6-14-25)22-7-15-26(16-8-22)18-20-3-11-24-12-4-20;2*1-7(2,3,4,5)6/h1-16H,17-18H2;;/q+2;2*-1. The number of hydrogen-bond donors (Lipinski definition) is 0. The molecule has 4 aromatic rings. The SMILES string of the molecule is F[P-](F)(F)(F)(F)F.F[P-](F)(F)(F)(F)F.c1cc(C[n+]2ccc(-c3cc[n+](Cc4ccncc4)cc3)cc2)ccn1. The Morgan fingerprint density at radius 1 is 0.425 bits per heavy atom. The fraction of sp³-hybridized carbons (Fsp3) is 0.0909. The maximum atomic E-state index is 9.87. The second-order valence-electron chi connectivity index (χ2n) is 8.15. The zero-order valence-corrected chi connectivity index (χ0v) is 21.7. The van der Waals surface area contributed by atoms with Crippen molar-refractivity contribution in [3.8, 4) is 11.1 Å². The maximum Gasteiger partial charge on any atom is 0.173 e. The molecule has 0 aliphatic rings. The van der Waals surface area contributed by atoms with Gasteiger partial charge in [0.15, 0.2) is 37.9 Å². The van der Waals surface area contributed by atoms with Crippen LogP contribution in [0, 0.1) is 0 Å². The van der Waals surface area contributed by atoms with E-state index in [0.29, 0.717) is 0 Å². The number of nitrogens with zero attached hydrogens (tertiary/aromatic N) is 4. The Hall–Kier alpha value is -3.38. The number of pyridine rings is 4. The smallest absolute Gasteiger partial charge is 0.173 e. The van der Waals surface area contributed by atoms with Crippen molar-refractivity contribution in [3.63, 3.8) is 0 Å². The summed E-state index contributed by atoms with van der Waals surface area (Å²) in [6.45, 7) is 1.70. The van der Waals surface area contributed by atoms with Gasteiger partial charge in [0, 0.05) is 60.2 Å². The molecule has 4 nitrogen and oxygen atoms in total. The zero-order chi connectivity index (χ0) is 30.4. The number of halogens is 12. The molecule has 0 saturated heterocycles. The third kappa shape index (κ3) is 19.7. The van der Waals surface area contributed by atoms with Gasteiger partial charge in [-0.05, 0) is 35.4 Å². The summed E-state index contributed by atoms with van der Waals surface area (Å²) in [6, 6.07) is 16.8. The quantitative estimate of drug-likeness (QED) is 0.125. The molecular weight excluding hydrogens is 610 g/mol. The van der Waals surface area contributed by atoms with Gasteiger partial charge in [-0.2, -0.15) is 0 Å². The van der Waals surface area contributed by atoms with E-state index in [9.17, 15) is 50.4 Å². The van der Waals surface area contributed by atoms with Gasteiger partial charge >= 0.3 is 66.0 Å². The van der Waals surface area contributed by atoms with E-state index in [4.69, 9.17) is 0 Å². The summed E-state index contributed by atoms with van der Waals surface area (Å²) in [6.07, 6.45) is 15.8. The Bertz CT molecular complexity index is 1250. The Balaban J connectivity index is 0.000000333. The Kier molecular flexibility index (Phi) is 8.39. The van der Waals surface area contributed by atoms with E-state index in [1.807, 2.05) is 49.1 Å². The summed E-state index contributed by atoms with van der Waals surface area (Å²) in [5.41, 5.74) is 4.92. The molecule has 0 fully saturated rings. The summed E-state index contributed by atoms with van der Waals surface area (Å²) in [7, 11) is -21.3. The van der Waals surface area contributed by atoms with Gasteiger partial charge in [-0.1, -0.05) is 0 Å². The van der Waals surface area contributed by atoms with E-state index in [1.54, 1.807) is 0 Å². The van der Waals surface area contributed by atoms with Crippen LogP contribution in [-0.2, 0) is 13.1 Å². The number of hydrogen-bond acceptors (Lipinski definition) is 2. The van der Waals surface area contributed by atoms with E-state index in [-0.39, 0.29) is 0 Å². The second-order valence-corrected chi connectivity index (χ2v) is 12.0. The van der Waals surface area contributed by atoms with Gasteiger partial charge in [0.2, 0.25) is 0 Å². The summed E-state index contributed by atoms with van der Waals surface area (Å²) >= 11 is 0. The van der Waals surface area contributed by atoms with Crippen LogP contribution in [0.3, 0.4) is 0 Å². The number of aromatic nitrogens is 4. The van der Waals surface area contributed by atoms with Crippen molar-refractivity contribution in [2.45, 2.75) is 13.1 Å². The van der Waals surface area contributed by atoms with Crippen LogP contribution in [0.5, 0.6) is 0 Å². The topological polar surface area (TPSA) is 33.5 Å². The molecule has 0 atom stereocenters. The van der Waals surface area contributed by atoms with Gasteiger partial charge in [-0.15, -0.1) is 0 Å². The van der Waals surface area contributed by atoms with Crippen LogP contribution in [0.2, 0.25) is 0 Å². The van der Waals surface area contributed by atoms with Crippen LogP contribution in [-0.4, -0.2) is 9.97 Å². The Morgan fingerprint density at radius 3 is 0.875 bits per heavy atom. The van der Waals surface area contributed by atoms with Crippen molar-refractivity contribution in [1.29, 1.82) is 0 Å². The third-order valence-electron chi connectivity index (χ3n) is 4.34. The predicted octanol–water partition coefficient (Wildman–Crippen LogP) is 9.58. The molecule has 0 amide bonds. The first-order valence-electron chi connectivity index (χ1n) is 10.7. The molecule has 40 heavy (non-hydrogen) atoms. The van der Waals surface area contributed by atoms with E-state index >= 15 is 0 Å². The molecule has 4 aromatic heterocycles. The molecule has 222 valence electrons. The molecular formula is C22H20F12N4P2. The molecule has 0 bridgehead atoms.